The van der Waals surface area contributed by atoms with Gasteiger partial charge in [0.1, 0.15) is 5.65 Å². The Bertz CT molecular complexity index is 859. The van der Waals surface area contributed by atoms with Crippen molar-refractivity contribution in [3.63, 3.8) is 0 Å². The Kier molecular flexibility index (Phi) is 4.50. The van der Waals surface area contributed by atoms with Crippen molar-refractivity contribution >= 4 is 5.65 Å². The summed E-state index contributed by atoms with van der Waals surface area (Å²) in [5, 5.41) is 1.70. The van der Waals surface area contributed by atoms with Gasteiger partial charge in [-0.25, -0.2) is 4.98 Å². The van der Waals surface area contributed by atoms with E-state index in [9.17, 15) is 4.79 Å². The highest BCUT2D eigenvalue weighted by atomic mass is 16.7. The normalized spacial score (nSPS) is 11.3. The van der Waals surface area contributed by atoms with E-state index in [-0.39, 0.29) is 5.56 Å². The van der Waals surface area contributed by atoms with E-state index >= 15 is 0 Å². The van der Waals surface area contributed by atoms with Crippen molar-refractivity contribution in [2.24, 2.45) is 0 Å². The highest BCUT2D eigenvalue weighted by Gasteiger charge is 2.07. The van der Waals surface area contributed by atoms with Crippen LogP contribution in [0.2, 0.25) is 0 Å². The number of nitrogens with zero attached hydrogens (tertiary/aromatic N) is 3. The molecule has 0 atom stereocenters. The Labute approximate surface area is 134 Å². The maximum absolute atomic E-state index is 12.2. The van der Waals surface area contributed by atoms with Crippen molar-refractivity contribution < 1.29 is 4.84 Å². The lowest BCUT2D eigenvalue weighted by molar-refractivity contribution is -0.158. The summed E-state index contributed by atoms with van der Waals surface area (Å²) in [7, 11) is 1.84. The van der Waals surface area contributed by atoms with Crippen molar-refractivity contribution in [2.75, 3.05) is 7.05 Å². The molecule has 0 saturated heterocycles. The summed E-state index contributed by atoms with van der Waals surface area (Å²) in [4.78, 5) is 22.4. The summed E-state index contributed by atoms with van der Waals surface area (Å²) >= 11 is 0. The lowest BCUT2D eigenvalue weighted by Gasteiger charge is -2.16. The maximum Gasteiger partial charge on any atom is 0.258 e. The molecule has 0 unspecified atom stereocenters. The van der Waals surface area contributed by atoms with E-state index < -0.39 is 0 Å². The maximum atomic E-state index is 12.2. The van der Waals surface area contributed by atoms with Crippen molar-refractivity contribution in [3.05, 3.63) is 81.9 Å². The summed E-state index contributed by atoms with van der Waals surface area (Å²) in [5.41, 5.74) is 3.37. The summed E-state index contributed by atoms with van der Waals surface area (Å²) in [6.07, 6.45) is 1.73. The van der Waals surface area contributed by atoms with E-state index in [1.165, 1.54) is 0 Å². The molecule has 3 aromatic rings. The first kappa shape index (κ1) is 15.4. The third-order valence-electron chi connectivity index (χ3n) is 3.62. The van der Waals surface area contributed by atoms with E-state index in [0.717, 1.165) is 11.1 Å². The first-order chi connectivity index (χ1) is 11.1. The first-order valence-electron chi connectivity index (χ1n) is 7.49. The molecule has 0 aliphatic heterocycles. The monoisotopic (exact) mass is 309 g/mol. The second kappa shape index (κ2) is 6.73. The van der Waals surface area contributed by atoms with Crippen molar-refractivity contribution in [1.29, 1.82) is 0 Å². The fourth-order valence-corrected chi connectivity index (χ4v) is 2.42. The minimum absolute atomic E-state index is 0.0786. The number of pyridine rings is 1. The fraction of sp³-hybridized carbons (Fsp3) is 0.222. The number of hydrogen-bond acceptors (Lipinski definition) is 4. The van der Waals surface area contributed by atoms with Gasteiger partial charge in [0.25, 0.3) is 5.56 Å². The molecule has 2 aromatic heterocycles. The quantitative estimate of drug-likeness (QED) is 0.680. The Morgan fingerprint density at radius 3 is 2.74 bits per heavy atom. The van der Waals surface area contributed by atoms with Gasteiger partial charge in [0, 0.05) is 19.3 Å². The predicted molar refractivity (Wildman–Crippen MR) is 88.9 cm³/mol. The van der Waals surface area contributed by atoms with Gasteiger partial charge in [-0.1, -0.05) is 36.4 Å². The number of aromatic nitrogens is 2. The van der Waals surface area contributed by atoms with Crippen LogP contribution < -0.4 is 5.56 Å². The van der Waals surface area contributed by atoms with Crippen LogP contribution in [0.5, 0.6) is 0 Å². The summed E-state index contributed by atoms with van der Waals surface area (Å²) in [6, 6.07) is 15.3. The van der Waals surface area contributed by atoms with Crippen LogP contribution in [-0.4, -0.2) is 21.5 Å². The number of benzene rings is 1. The first-order valence-corrected chi connectivity index (χ1v) is 7.49. The molecule has 0 saturated carbocycles. The molecule has 1 aromatic carbocycles. The van der Waals surface area contributed by atoms with Gasteiger partial charge >= 0.3 is 0 Å². The van der Waals surface area contributed by atoms with Crippen molar-refractivity contribution in [1.82, 2.24) is 14.4 Å². The Morgan fingerprint density at radius 2 is 1.96 bits per heavy atom. The van der Waals surface area contributed by atoms with Crippen LogP contribution in [-0.2, 0) is 18.0 Å². The van der Waals surface area contributed by atoms with Gasteiger partial charge in [-0.3, -0.25) is 14.0 Å². The molecule has 0 bridgehead atoms. The molecule has 0 fully saturated rings. The number of fused-ring (bicyclic) bond motifs is 1. The topological polar surface area (TPSA) is 46.8 Å². The number of aryl methyl sites for hydroxylation is 1. The molecule has 2 heterocycles. The average molecular weight is 309 g/mol. The minimum atomic E-state index is -0.0786. The molecule has 0 spiro atoms. The third kappa shape index (κ3) is 3.64. The van der Waals surface area contributed by atoms with Crippen LogP contribution >= 0.6 is 0 Å². The van der Waals surface area contributed by atoms with Crippen LogP contribution in [0.25, 0.3) is 5.65 Å². The van der Waals surface area contributed by atoms with E-state index in [1.54, 1.807) is 21.7 Å². The van der Waals surface area contributed by atoms with E-state index in [1.807, 2.05) is 56.4 Å². The molecule has 3 rings (SSSR count). The molecule has 0 amide bonds. The summed E-state index contributed by atoms with van der Waals surface area (Å²) in [5.74, 6) is 0. The smallest absolute Gasteiger partial charge is 0.258 e. The molecule has 0 N–H and O–H groups in total. The number of hydrogen-bond donors (Lipinski definition) is 0. The lowest BCUT2D eigenvalue weighted by atomic mass is 10.2. The van der Waals surface area contributed by atoms with Gasteiger partial charge in [-0.05, 0) is 24.1 Å². The van der Waals surface area contributed by atoms with Gasteiger partial charge in [0.2, 0.25) is 0 Å². The van der Waals surface area contributed by atoms with Crippen molar-refractivity contribution in [2.45, 2.75) is 20.1 Å². The SMILES string of the molecule is Cc1cccn2c(=O)cc(CN(C)OCc3ccccc3)nc12. The molecule has 0 radical (unpaired) electrons. The molecule has 118 valence electrons. The van der Waals surface area contributed by atoms with Crippen LogP contribution in [0.4, 0.5) is 0 Å². The zero-order chi connectivity index (χ0) is 16.2. The Morgan fingerprint density at radius 1 is 1.17 bits per heavy atom. The van der Waals surface area contributed by atoms with Crippen LogP contribution in [0, 0.1) is 6.92 Å². The average Bonchev–Trinajstić information content (AvgIpc) is 2.55. The molecule has 0 aliphatic carbocycles. The highest BCUT2D eigenvalue weighted by Crippen LogP contribution is 2.08. The van der Waals surface area contributed by atoms with Crippen LogP contribution in [0.3, 0.4) is 0 Å². The predicted octanol–water partition coefficient (Wildman–Crippen LogP) is 2.57. The molecule has 5 heteroatoms. The van der Waals surface area contributed by atoms with Gasteiger partial charge < -0.3 is 0 Å². The summed E-state index contributed by atoms with van der Waals surface area (Å²) in [6.45, 7) is 2.89. The zero-order valence-electron chi connectivity index (χ0n) is 13.3. The highest BCUT2D eigenvalue weighted by molar-refractivity contribution is 5.46. The third-order valence-corrected chi connectivity index (χ3v) is 3.62. The second-order valence-electron chi connectivity index (χ2n) is 5.52. The molecule has 5 nitrogen and oxygen atoms in total. The largest absolute Gasteiger partial charge is 0.294 e. The van der Waals surface area contributed by atoms with Crippen LogP contribution in [0.15, 0.2) is 59.5 Å². The number of rotatable bonds is 5. The van der Waals surface area contributed by atoms with Gasteiger partial charge in [0.15, 0.2) is 0 Å². The molecular weight excluding hydrogens is 290 g/mol. The fourth-order valence-electron chi connectivity index (χ4n) is 2.42. The molecule has 23 heavy (non-hydrogen) atoms. The Balaban J connectivity index is 1.73. The second-order valence-corrected chi connectivity index (χ2v) is 5.52. The van der Waals surface area contributed by atoms with Crippen LogP contribution in [0.1, 0.15) is 16.8 Å². The molecule has 0 aliphatic rings. The molecular formula is C18H19N3O2. The van der Waals surface area contributed by atoms with E-state index in [2.05, 4.69) is 4.98 Å². The Hall–Kier alpha value is -2.50. The van der Waals surface area contributed by atoms with Gasteiger partial charge in [-0.2, -0.15) is 5.06 Å². The van der Waals surface area contributed by atoms with E-state index in [4.69, 9.17) is 4.84 Å². The summed E-state index contributed by atoms with van der Waals surface area (Å²) < 4.78 is 1.56. The van der Waals surface area contributed by atoms with Gasteiger partial charge in [-0.15, -0.1) is 0 Å². The minimum Gasteiger partial charge on any atom is -0.294 e. The van der Waals surface area contributed by atoms with Gasteiger partial charge in [0.05, 0.1) is 18.8 Å². The standard InChI is InChI=1S/C18H19N3O2/c1-14-7-6-10-21-17(22)11-16(19-18(14)21)12-20(2)23-13-15-8-4-3-5-9-15/h3-11H,12-13H2,1-2H3. The van der Waals surface area contributed by atoms with E-state index in [0.29, 0.717) is 24.5 Å². The zero-order valence-corrected chi connectivity index (χ0v) is 13.3. The number of hydroxylamine groups is 2. The lowest BCUT2D eigenvalue weighted by Crippen LogP contribution is -2.22. The van der Waals surface area contributed by atoms with Crippen molar-refractivity contribution in [3.8, 4) is 0 Å².